The molecule has 0 aliphatic heterocycles. The standard InChI is InChI=1S/C13H18O/c14-3-1-2-13-7-10-4-11(8-13)6-12(5-10)9-13/h10-12,14H,3-9H2. The van der Waals surface area contributed by atoms with Crippen molar-refractivity contribution in [1.29, 1.82) is 0 Å². The summed E-state index contributed by atoms with van der Waals surface area (Å²) in [5.41, 5.74) is 0.331. The van der Waals surface area contributed by atoms with E-state index in [2.05, 4.69) is 11.8 Å². The van der Waals surface area contributed by atoms with E-state index in [9.17, 15) is 0 Å². The van der Waals surface area contributed by atoms with E-state index in [1.807, 2.05) is 0 Å². The number of hydrogen-bond donors (Lipinski definition) is 1. The topological polar surface area (TPSA) is 20.2 Å². The molecule has 0 heterocycles. The summed E-state index contributed by atoms with van der Waals surface area (Å²) < 4.78 is 0. The highest BCUT2D eigenvalue weighted by molar-refractivity contribution is 5.18. The fraction of sp³-hybridized carbons (Fsp3) is 0.846. The van der Waals surface area contributed by atoms with E-state index in [1.54, 1.807) is 0 Å². The SMILES string of the molecule is OCC#CC12CC3CC(CC(C3)C1)C2. The Kier molecular flexibility index (Phi) is 1.89. The summed E-state index contributed by atoms with van der Waals surface area (Å²) in [4.78, 5) is 0. The summed E-state index contributed by atoms with van der Waals surface area (Å²) in [5.74, 6) is 9.19. The third-order valence-corrected chi connectivity index (χ3v) is 4.47. The van der Waals surface area contributed by atoms with Crippen LogP contribution in [0.3, 0.4) is 0 Å². The molecule has 0 saturated heterocycles. The molecule has 0 spiro atoms. The Bertz CT molecular complexity index is 259. The number of hydrogen-bond acceptors (Lipinski definition) is 1. The Morgan fingerprint density at radius 3 is 1.93 bits per heavy atom. The van der Waals surface area contributed by atoms with Crippen LogP contribution in [0, 0.1) is 35.0 Å². The van der Waals surface area contributed by atoms with Crippen molar-refractivity contribution in [2.45, 2.75) is 38.5 Å². The molecule has 1 N–H and O–H groups in total. The van der Waals surface area contributed by atoms with Gasteiger partial charge in [-0.1, -0.05) is 11.8 Å². The van der Waals surface area contributed by atoms with Crippen LogP contribution < -0.4 is 0 Å². The maximum absolute atomic E-state index is 8.79. The van der Waals surface area contributed by atoms with E-state index in [0.29, 0.717) is 5.41 Å². The minimum Gasteiger partial charge on any atom is -0.384 e. The average Bonchev–Trinajstić information content (AvgIpc) is 2.12. The Balaban J connectivity index is 1.87. The maximum atomic E-state index is 8.79. The van der Waals surface area contributed by atoms with Crippen molar-refractivity contribution < 1.29 is 5.11 Å². The molecule has 4 fully saturated rings. The van der Waals surface area contributed by atoms with Crippen LogP contribution in [0.25, 0.3) is 0 Å². The van der Waals surface area contributed by atoms with Crippen LogP contribution in [-0.2, 0) is 0 Å². The first kappa shape index (κ1) is 8.80. The second kappa shape index (κ2) is 3.00. The summed E-state index contributed by atoms with van der Waals surface area (Å²) >= 11 is 0. The summed E-state index contributed by atoms with van der Waals surface area (Å²) in [7, 11) is 0. The fourth-order valence-corrected chi connectivity index (χ4v) is 4.49. The number of rotatable bonds is 0. The molecule has 0 aromatic heterocycles. The van der Waals surface area contributed by atoms with Crippen LogP contribution in [0.15, 0.2) is 0 Å². The van der Waals surface area contributed by atoms with Crippen LogP contribution >= 0.6 is 0 Å². The molecule has 14 heavy (non-hydrogen) atoms. The molecule has 4 saturated carbocycles. The highest BCUT2D eigenvalue weighted by Gasteiger charge is 2.50. The lowest BCUT2D eigenvalue weighted by atomic mass is 9.50. The zero-order valence-corrected chi connectivity index (χ0v) is 8.63. The first-order chi connectivity index (χ1) is 6.80. The lowest BCUT2D eigenvalue weighted by Crippen LogP contribution is -2.45. The van der Waals surface area contributed by atoms with E-state index in [1.165, 1.54) is 38.5 Å². The first-order valence-electron chi connectivity index (χ1n) is 5.90. The zero-order valence-electron chi connectivity index (χ0n) is 8.63. The predicted octanol–water partition coefficient (Wildman–Crippen LogP) is 2.20. The van der Waals surface area contributed by atoms with Crippen LogP contribution in [0.4, 0.5) is 0 Å². The zero-order chi connectivity index (χ0) is 9.60. The molecule has 4 bridgehead atoms. The average molecular weight is 190 g/mol. The Hall–Kier alpha value is -0.480. The molecule has 1 heteroatoms. The van der Waals surface area contributed by atoms with Gasteiger partial charge in [-0.3, -0.25) is 0 Å². The first-order valence-corrected chi connectivity index (χ1v) is 5.90. The van der Waals surface area contributed by atoms with Gasteiger partial charge in [-0.05, 0) is 56.3 Å². The molecule has 0 unspecified atom stereocenters. The lowest BCUT2D eigenvalue weighted by Gasteiger charge is -2.54. The third kappa shape index (κ3) is 1.28. The molecule has 4 aliphatic carbocycles. The highest BCUT2D eigenvalue weighted by Crippen LogP contribution is 2.59. The van der Waals surface area contributed by atoms with Crippen LogP contribution in [-0.4, -0.2) is 11.7 Å². The van der Waals surface area contributed by atoms with E-state index in [-0.39, 0.29) is 6.61 Å². The summed E-state index contributed by atoms with van der Waals surface area (Å²) in [6, 6.07) is 0. The predicted molar refractivity (Wildman–Crippen MR) is 55.5 cm³/mol. The largest absolute Gasteiger partial charge is 0.384 e. The minimum absolute atomic E-state index is 0.0434. The quantitative estimate of drug-likeness (QED) is 0.581. The minimum atomic E-state index is 0.0434. The summed E-state index contributed by atoms with van der Waals surface area (Å²) in [6.45, 7) is 0.0434. The van der Waals surface area contributed by atoms with Gasteiger partial charge in [0.05, 0.1) is 0 Å². The fourth-order valence-electron chi connectivity index (χ4n) is 4.49. The second-order valence-electron chi connectivity index (χ2n) is 5.66. The van der Waals surface area contributed by atoms with Crippen molar-refractivity contribution >= 4 is 0 Å². The van der Waals surface area contributed by atoms with Crippen molar-refractivity contribution in [3.8, 4) is 11.8 Å². The van der Waals surface area contributed by atoms with E-state index in [0.717, 1.165) is 17.8 Å². The van der Waals surface area contributed by atoms with Crippen molar-refractivity contribution in [3.63, 3.8) is 0 Å². The molecule has 0 aromatic rings. The highest BCUT2D eigenvalue weighted by atomic mass is 16.2. The molecule has 0 atom stereocenters. The monoisotopic (exact) mass is 190 g/mol. The molecular weight excluding hydrogens is 172 g/mol. The van der Waals surface area contributed by atoms with Gasteiger partial charge < -0.3 is 5.11 Å². The van der Waals surface area contributed by atoms with Gasteiger partial charge in [-0.2, -0.15) is 0 Å². The van der Waals surface area contributed by atoms with E-state index < -0.39 is 0 Å². The van der Waals surface area contributed by atoms with Crippen LogP contribution in [0.5, 0.6) is 0 Å². The van der Waals surface area contributed by atoms with Crippen molar-refractivity contribution in [2.75, 3.05) is 6.61 Å². The molecule has 4 aliphatic rings. The van der Waals surface area contributed by atoms with Crippen molar-refractivity contribution in [1.82, 2.24) is 0 Å². The lowest BCUT2D eigenvalue weighted by molar-refractivity contribution is -0.0182. The van der Waals surface area contributed by atoms with Crippen LogP contribution in [0.2, 0.25) is 0 Å². The van der Waals surface area contributed by atoms with Crippen molar-refractivity contribution in [3.05, 3.63) is 0 Å². The van der Waals surface area contributed by atoms with Gasteiger partial charge in [0.25, 0.3) is 0 Å². The number of aliphatic hydroxyl groups excluding tert-OH is 1. The Morgan fingerprint density at radius 2 is 1.50 bits per heavy atom. The molecule has 0 amide bonds. The number of aliphatic hydroxyl groups is 1. The van der Waals surface area contributed by atoms with Gasteiger partial charge in [0, 0.05) is 5.41 Å². The van der Waals surface area contributed by atoms with Crippen LogP contribution in [0.1, 0.15) is 38.5 Å². The van der Waals surface area contributed by atoms with Gasteiger partial charge in [0.1, 0.15) is 6.61 Å². The van der Waals surface area contributed by atoms with E-state index in [4.69, 9.17) is 5.11 Å². The van der Waals surface area contributed by atoms with Gasteiger partial charge in [-0.15, -0.1) is 0 Å². The van der Waals surface area contributed by atoms with Crippen molar-refractivity contribution in [2.24, 2.45) is 23.2 Å². The van der Waals surface area contributed by atoms with Gasteiger partial charge in [-0.25, -0.2) is 0 Å². The Labute approximate surface area is 85.9 Å². The third-order valence-electron chi connectivity index (χ3n) is 4.47. The Morgan fingerprint density at radius 1 is 1.00 bits per heavy atom. The molecule has 76 valence electrons. The normalized spacial score (nSPS) is 48.8. The molecular formula is C13H18O. The molecule has 1 nitrogen and oxygen atoms in total. The summed E-state index contributed by atoms with van der Waals surface area (Å²) in [6.07, 6.45) is 8.39. The van der Waals surface area contributed by atoms with Gasteiger partial charge in [0.15, 0.2) is 0 Å². The smallest absolute Gasteiger partial charge is 0.104 e. The second-order valence-corrected chi connectivity index (χ2v) is 5.66. The van der Waals surface area contributed by atoms with Gasteiger partial charge in [0.2, 0.25) is 0 Å². The molecule has 4 rings (SSSR count). The molecule has 0 aromatic carbocycles. The van der Waals surface area contributed by atoms with Gasteiger partial charge >= 0.3 is 0 Å². The maximum Gasteiger partial charge on any atom is 0.104 e. The summed E-state index contributed by atoms with van der Waals surface area (Å²) in [5, 5.41) is 8.79. The van der Waals surface area contributed by atoms with E-state index >= 15 is 0 Å². The molecule has 0 radical (unpaired) electrons.